The number of esters is 3. The summed E-state index contributed by atoms with van der Waals surface area (Å²) in [6.45, 7) is 6.33. The molecule has 0 heterocycles. The molecule has 0 aromatic heterocycles. The molecular weight excluding hydrogens is 901 g/mol. The Morgan fingerprint density at radius 1 is 0.288 bits per heavy atom. The zero-order valence-corrected chi connectivity index (χ0v) is 47.1. The maximum Gasteiger partial charge on any atom is 0.306 e. The topological polar surface area (TPSA) is 78.9 Å². The Balaban J connectivity index is 4.46. The van der Waals surface area contributed by atoms with Crippen LogP contribution in [0.3, 0.4) is 0 Å². The fraction of sp³-hybridized carbons (Fsp3) is 0.627. The van der Waals surface area contributed by atoms with E-state index in [0.29, 0.717) is 19.3 Å². The highest BCUT2D eigenvalue weighted by atomic mass is 16.6. The molecule has 0 N–H and O–H groups in total. The summed E-state index contributed by atoms with van der Waals surface area (Å²) in [4.78, 5) is 38.2. The molecule has 0 radical (unpaired) electrons. The summed E-state index contributed by atoms with van der Waals surface area (Å²) < 4.78 is 16.8. The van der Waals surface area contributed by atoms with E-state index in [1.54, 1.807) is 0 Å². The zero-order chi connectivity index (χ0) is 52.9. The van der Waals surface area contributed by atoms with Gasteiger partial charge in [0.15, 0.2) is 6.10 Å². The molecule has 1 atom stereocenters. The standard InChI is InChI=1S/C67H108O6/c1-4-7-10-13-16-19-22-25-27-29-31-32-33-34-36-37-39-42-45-48-51-54-57-60-66(69)72-63-64(62-71-65(68)59-56-53-50-47-44-41-24-21-18-15-12-9-6-3)73-67(70)61-58-55-52-49-46-43-40-38-35-30-28-26-23-20-17-14-11-8-5-2/h7,9-10,12,16-21,25-28,31-32,34,36,39,41-42,44,64H,4-6,8,11,13-15,22-24,29-30,33,35,37-38,40,43,45-63H2,1-3H3/b10-7-,12-9-,19-16-,20-17-,21-18-,27-25-,28-26-,32-31-,36-34-,42-39-,44-41-. The van der Waals surface area contributed by atoms with Crippen molar-refractivity contribution in [2.24, 2.45) is 0 Å². The number of hydrogen-bond donors (Lipinski definition) is 0. The first-order valence-corrected chi connectivity index (χ1v) is 29.7. The predicted molar refractivity (Wildman–Crippen MR) is 316 cm³/mol. The molecule has 6 nitrogen and oxygen atoms in total. The van der Waals surface area contributed by atoms with E-state index in [0.717, 1.165) is 141 Å². The third kappa shape index (κ3) is 58.3. The lowest BCUT2D eigenvalue weighted by Gasteiger charge is -2.18. The van der Waals surface area contributed by atoms with Crippen LogP contribution >= 0.6 is 0 Å². The van der Waals surface area contributed by atoms with E-state index in [9.17, 15) is 14.4 Å². The maximum absolute atomic E-state index is 12.9. The van der Waals surface area contributed by atoms with Gasteiger partial charge in [-0.15, -0.1) is 0 Å². The minimum absolute atomic E-state index is 0.107. The van der Waals surface area contributed by atoms with Crippen LogP contribution in [0.1, 0.15) is 252 Å². The normalized spacial score (nSPS) is 13.1. The van der Waals surface area contributed by atoms with Crippen LogP contribution in [0.2, 0.25) is 0 Å². The molecule has 0 bridgehead atoms. The number of carbonyl (C=O) groups is 3. The molecule has 412 valence electrons. The molecule has 0 spiro atoms. The second-order valence-electron chi connectivity index (χ2n) is 19.1. The van der Waals surface area contributed by atoms with Crippen LogP contribution in [0, 0.1) is 0 Å². The first-order valence-electron chi connectivity index (χ1n) is 29.7. The van der Waals surface area contributed by atoms with Crippen molar-refractivity contribution in [3.05, 3.63) is 134 Å². The Morgan fingerprint density at radius 2 is 0.534 bits per heavy atom. The summed E-state index contributed by atoms with van der Waals surface area (Å²) in [5, 5.41) is 0. The summed E-state index contributed by atoms with van der Waals surface area (Å²) in [6.07, 6.45) is 84.4. The SMILES string of the molecule is CC/C=C\C/C=C\C/C=C\C/C=C\C/C=C\C/C=C\CCCCCCC(=O)OCC(COC(=O)CCCCC/C=C\C/C=C\C/C=C\CC)OC(=O)CCCCCCCCCCC/C=C\C/C=C\CCCCC. The third-order valence-corrected chi connectivity index (χ3v) is 12.1. The van der Waals surface area contributed by atoms with E-state index in [2.05, 4.69) is 154 Å². The molecule has 73 heavy (non-hydrogen) atoms. The van der Waals surface area contributed by atoms with Crippen LogP contribution < -0.4 is 0 Å². The Hall–Kier alpha value is -4.45. The lowest BCUT2D eigenvalue weighted by molar-refractivity contribution is -0.167. The van der Waals surface area contributed by atoms with Crippen LogP contribution in [0.4, 0.5) is 0 Å². The van der Waals surface area contributed by atoms with E-state index >= 15 is 0 Å². The maximum atomic E-state index is 12.9. The lowest BCUT2D eigenvalue weighted by atomic mass is 10.1. The molecule has 0 aliphatic heterocycles. The van der Waals surface area contributed by atoms with Crippen molar-refractivity contribution < 1.29 is 28.6 Å². The molecule has 0 rings (SSSR count). The lowest BCUT2D eigenvalue weighted by Crippen LogP contribution is -2.30. The van der Waals surface area contributed by atoms with Gasteiger partial charge in [-0.1, -0.05) is 231 Å². The highest BCUT2D eigenvalue weighted by Crippen LogP contribution is 2.14. The Labute approximate surface area is 449 Å². The smallest absolute Gasteiger partial charge is 0.306 e. The fourth-order valence-corrected chi connectivity index (χ4v) is 7.72. The van der Waals surface area contributed by atoms with Crippen LogP contribution in [-0.2, 0) is 28.6 Å². The second-order valence-corrected chi connectivity index (χ2v) is 19.1. The summed E-state index contributed by atoms with van der Waals surface area (Å²) in [5.41, 5.74) is 0. The van der Waals surface area contributed by atoms with Gasteiger partial charge in [0.25, 0.3) is 0 Å². The number of rotatable bonds is 52. The Bertz CT molecular complexity index is 1580. The van der Waals surface area contributed by atoms with E-state index in [-0.39, 0.29) is 31.1 Å². The van der Waals surface area contributed by atoms with Crippen LogP contribution in [0.5, 0.6) is 0 Å². The molecule has 0 aliphatic rings. The van der Waals surface area contributed by atoms with Crippen molar-refractivity contribution in [2.75, 3.05) is 13.2 Å². The number of ether oxygens (including phenoxy) is 3. The summed E-state index contributed by atoms with van der Waals surface area (Å²) in [7, 11) is 0. The molecule has 0 amide bonds. The molecule has 6 heteroatoms. The highest BCUT2D eigenvalue weighted by molar-refractivity contribution is 5.71. The summed E-state index contributed by atoms with van der Waals surface area (Å²) in [5.74, 6) is -0.966. The first kappa shape index (κ1) is 68.6. The molecule has 0 saturated heterocycles. The Kier molecular flexibility index (Phi) is 56.4. The molecule has 0 aromatic rings. The molecule has 0 fully saturated rings. The van der Waals surface area contributed by atoms with Gasteiger partial charge < -0.3 is 14.2 Å². The van der Waals surface area contributed by atoms with Gasteiger partial charge in [-0.05, 0) is 135 Å². The number of allylic oxidation sites excluding steroid dienone is 22. The van der Waals surface area contributed by atoms with Gasteiger partial charge >= 0.3 is 17.9 Å². The predicted octanol–water partition coefficient (Wildman–Crippen LogP) is 20.2. The second kappa shape index (κ2) is 60.1. The molecule has 0 aliphatic carbocycles. The number of carbonyl (C=O) groups excluding carboxylic acids is 3. The first-order chi connectivity index (χ1) is 36.0. The number of hydrogen-bond acceptors (Lipinski definition) is 6. The van der Waals surface area contributed by atoms with Crippen LogP contribution in [0.15, 0.2) is 134 Å². The van der Waals surface area contributed by atoms with Gasteiger partial charge in [-0.2, -0.15) is 0 Å². The quantitative estimate of drug-likeness (QED) is 0.0261. The van der Waals surface area contributed by atoms with Crippen molar-refractivity contribution in [2.45, 2.75) is 258 Å². The monoisotopic (exact) mass is 1010 g/mol. The minimum Gasteiger partial charge on any atom is -0.462 e. The van der Waals surface area contributed by atoms with E-state index in [1.807, 2.05) is 0 Å². The van der Waals surface area contributed by atoms with Gasteiger partial charge in [0, 0.05) is 19.3 Å². The van der Waals surface area contributed by atoms with Crippen molar-refractivity contribution >= 4 is 17.9 Å². The van der Waals surface area contributed by atoms with Gasteiger partial charge in [-0.25, -0.2) is 0 Å². The largest absolute Gasteiger partial charge is 0.462 e. The third-order valence-electron chi connectivity index (χ3n) is 12.1. The Morgan fingerprint density at radius 3 is 0.849 bits per heavy atom. The average molecular weight is 1010 g/mol. The van der Waals surface area contributed by atoms with Gasteiger partial charge in [0.1, 0.15) is 13.2 Å². The molecule has 0 aromatic carbocycles. The number of unbranched alkanes of at least 4 members (excludes halogenated alkanes) is 19. The summed E-state index contributed by atoms with van der Waals surface area (Å²) in [6, 6.07) is 0. The fourth-order valence-electron chi connectivity index (χ4n) is 7.72. The van der Waals surface area contributed by atoms with Gasteiger partial charge in [0.05, 0.1) is 0 Å². The van der Waals surface area contributed by atoms with Gasteiger partial charge in [-0.3, -0.25) is 14.4 Å². The van der Waals surface area contributed by atoms with Gasteiger partial charge in [0.2, 0.25) is 0 Å². The molecule has 0 saturated carbocycles. The van der Waals surface area contributed by atoms with E-state index in [1.165, 1.54) is 70.6 Å². The van der Waals surface area contributed by atoms with Crippen LogP contribution in [-0.4, -0.2) is 37.2 Å². The van der Waals surface area contributed by atoms with Crippen molar-refractivity contribution in [3.8, 4) is 0 Å². The summed E-state index contributed by atoms with van der Waals surface area (Å²) >= 11 is 0. The van der Waals surface area contributed by atoms with Crippen molar-refractivity contribution in [1.82, 2.24) is 0 Å². The minimum atomic E-state index is -0.809. The van der Waals surface area contributed by atoms with Crippen LogP contribution in [0.25, 0.3) is 0 Å². The molecule has 1 unspecified atom stereocenters. The molecular formula is C67H108O6. The zero-order valence-electron chi connectivity index (χ0n) is 47.1. The highest BCUT2D eigenvalue weighted by Gasteiger charge is 2.19. The van der Waals surface area contributed by atoms with E-state index < -0.39 is 6.10 Å². The van der Waals surface area contributed by atoms with Crippen molar-refractivity contribution in [1.29, 1.82) is 0 Å². The van der Waals surface area contributed by atoms with E-state index in [4.69, 9.17) is 14.2 Å². The van der Waals surface area contributed by atoms with Crippen molar-refractivity contribution in [3.63, 3.8) is 0 Å². The average Bonchev–Trinajstić information content (AvgIpc) is 3.39.